The summed E-state index contributed by atoms with van der Waals surface area (Å²) in [6, 6.07) is 9.86. The molecule has 4 rings (SSSR count). The largest absolute Gasteiger partial charge is 0.480 e. The molecule has 0 unspecified atom stereocenters. The second-order valence-corrected chi connectivity index (χ2v) is 6.44. The third-order valence-electron chi connectivity index (χ3n) is 5.02. The SMILES string of the molecule is Cl.O=C(O)[C@H]1CCCN1Cc1nn(-c2ccccc2)c2c1CCC2. The first-order valence-corrected chi connectivity index (χ1v) is 8.36. The van der Waals surface area contributed by atoms with Crippen LogP contribution in [0, 0.1) is 0 Å². The molecule has 1 aliphatic carbocycles. The third-order valence-corrected chi connectivity index (χ3v) is 5.02. The van der Waals surface area contributed by atoms with Gasteiger partial charge < -0.3 is 5.11 Å². The van der Waals surface area contributed by atoms with Gasteiger partial charge in [0.25, 0.3) is 0 Å². The van der Waals surface area contributed by atoms with Gasteiger partial charge in [0.2, 0.25) is 0 Å². The first-order valence-electron chi connectivity index (χ1n) is 8.36. The Labute approximate surface area is 147 Å². The van der Waals surface area contributed by atoms with Crippen molar-refractivity contribution in [1.82, 2.24) is 14.7 Å². The normalized spacial score (nSPS) is 19.9. The minimum absolute atomic E-state index is 0. The van der Waals surface area contributed by atoms with Crippen molar-refractivity contribution < 1.29 is 9.90 Å². The van der Waals surface area contributed by atoms with Gasteiger partial charge in [-0.05, 0) is 56.3 Å². The summed E-state index contributed by atoms with van der Waals surface area (Å²) >= 11 is 0. The molecular formula is C18H22ClN3O2. The number of hydrogen-bond acceptors (Lipinski definition) is 3. The number of nitrogens with zero attached hydrogens (tertiary/aromatic N) is 3. The first kappa shape index (κ1) is 17.0. The van der Waals surface area contributed by atoms with Gasteiger partial charge in [0.15, 0.2) is 0 Å². The minimum atomic E-state index is -0.707. The lowest BCUT2D eigenvalue weighted by Gasteiger charge is -2.20. The van der Waals surface area contributed by atoms with E-state index in [2.05, 4.69) is 21.7 Å². The Morgan fingerprint density at radius 3 is 2.75 bits per heavy atom. The number of hydrogen-bond donors (Lipinski definition) is 1. The molecule has 0 spiro atoms. The fourth-order valence-electron chi connectivity index (χ4n) is 3.91. The van der Waals surface area contributed by atoms with Crippen molar-refractivity contribution in [3.63, 3.8) is 0 Å². The molecule has 6 heteroatoms. The van der Waals surface area contributed by atoms with Crippen molar-refractivity contribution in [3.05, 3.63) is 47.3 Å². The van der Waals surface area contributed by atoms with Crippen molar-refractivity contribution in [2.75, 3.05) is 6.54 Å². The fourth-order valence-corrected chi connectivity index (χ4v) is 3.91. The van der Waals surface area contributed by atoms with Crippen LogP contribution in [0.15, 0.2) is 30.3 Å². The second-order valence-electron chi connectivity index (χ2n) is 6.44. The lowest BCUT2D eigenvalue weighted by atomic mass is 10.1. The van der Waals surface area contributed by atoms with Gasteiger partial charge in [-0.1, -0.05) is 18.2 Å². The van der Waals surface area contributed by atoms with Crippen LogP contribution in [-0.2, 0) is 24.2 Å². The van der Waals surface area contributed by atoms with Crippen LogP contribution >= 0.6 is 12.4 Å². The van der Waals surface area contributed by atoms with E-state index in [1.807, 2.05) is 18.2 Å². The van der Waals surface area contributed by atoms with E-state index in [9.17, 15) is 9.90 Å². The molecule has 1 N–H and O–H groups in total. The highest BCUT2D eigenvalue weighted by Gasteiger charge is 2.32. The number of carboxylic acid groups (broad SMARTS) is 1. The van der Waals surface area contributed by atoms with Crippen molar-refractivity contribution in [3.8, 4) is 5.69 Å². The smallest absolute Gasteiger partial charge is 0.320 e. The number of aromatic nitrogens is 2. The van der Waals surface area contributed by atoms with Crippen LogP contribution in [0.25, 0.3) is 5.69 Å². The molecule has 5 nitrogen and oxygen atoms in total. The molecule has 1 fully saturated rings. The molecule has 24 heavy (non-hydrogen) atoms. The van der Waals surface area contributed by atoms with Crippen LogP contribution in [0.3, 0.4) is 0 Å². The third kappa shape index (κ3) is 2.94. The molecule has 128 valence electrons. The second kappa shape index (κ2) is 6.95. The van der Waals surface area contributed by atoms with Crippen molar-refractivity contribution in [2.45, 2.75) is 44.7 Å². The molecule has 2 aromatic rings. The fraction of sp³-hybridized carbons (Fsp3) is 0.444. The van der Waals surface area contributed by atoms with Crippen molar-refractivity contribution in [1.29, 1.82) is 0 Å². The summed E-state index contributed by atoms with van der Waals surface area (Å²) in [6.45, 7) is 1.50. The highest BCUT2D eigenvalue weighted by molar-refractivity contribution is 5.85. The average molecular weight is 348 g/mol. The molecule has 1 aromatic carbocycles. The molecule has 2 heterocycles. The number of aliphatic carboxylic acids is 1. The van der Waals surface area contributed by atoms with Crippen LogP contribution in [0.4, 0.5) is 0 Å². The molecule has 0 bridgehead atoms. The Morgan fingerprint density at radius 1 is 1.21 bits per heavy atom. The topological polar surface area (TPSA) is 58.4 Å². The van der Waals surface area contributed by atoms with Crippen molar-refractivity contribution in [2.24, 2.45) is 0 Å². The highest BCUT2D eigenvalue weighted by Crippen LogP contribution is 2.30. The van der Waals surface area contributed by atoms with Gasteiger partial charge >= 0.3 is 5.97 Å². The molecule has 1 aliphatic heterocycles. The Kier molecular flexibility index (Phi) is 4.92. The van der Waals surface area contributed by atoms with Gasteiger partial charge in [0.05, 0.1) is 11.4 Å². The molecule has 1 saturated heterocycles. The number of para-hydroxylation sites is 1. The van der Waals surface area contributed by atoms with Gasteiger partial charge in [0, 0.05) is 12.2 Å². The molecule has 2 aliphatic rings. The van der Waals surface area contributed by atoms with E-state index >= 15 is 0 Å². The number of fused-ring (bicyclic) bond motifs is 1. The summed E-state index contributed by atoms with van der Waals surface area (Å²) in [4.78, 5) is 13.5. The Balaban J connectivity index is 0.00000169. The number of carboxylic acids is 1. The van der Waals surface area contributed by atoms with Crippen LogP contribution in [0.5, 0.6) is 0 Å². The quantitative estimate of drug-likeness (QED) is 0.924. The Morgan fingerprint density at radius 2 is 2.00 bits per heavy atom. The van der Waals surface area contributed by atoms with E-state index in [4.69, 9.17) is 5.10 Å². The van der Waals surface area contributed by atoms with Crippen LogP contribution < -0.4 is 0 Å². The predicted octanol–water partition coefficient (Wildman–Crippen LogP) is 2.83. The van der Waals surface area contributed by atoms with E-state index in [-0.39, 0.29) is 18.4 Å². The lowest BCUT2D eigenvalue weighted by Crippen LogP contribution is -2.35. The van der Waals surface area contributed by atoms with Crippen LogP contribution in [-0.4, -0.2) is 38.3 Å². The number of rotatable bonds is 4. The highest BCUT2D eigenvalue weighted by atomic mass is 35.5. The monoisotopic (exact) mass is 347 g/mol. The molecule has 1 atom stereocenters. The van der Waals surface area contributed by atoms with Crippen molar-refractivity contribution >= 4 is 18.4 Å². The van der Waals surface area contributed by atoms with E-state index in [1.54, 1.807) is 0 Å². The van der Waals surface area contributed by atoms with Crippen LogP contribution in [0.2, 0.25) is 0 Å². The summed E-state index contributed by atoms with van der Waals surface area (Å²) in [6.07, 6.45) is 4.98. The number of benzene rings is 1. The summed E-state index contributed by atoms with van der Waals surface area (Å²) in [7, 11) is 0. The van der Waals surface area contributed by atoms with E-state index < -0.39 is 5.97 Å². The zero-order valence-electron chi connectivity index (χ0n) is 13.5. The van der Waals surface area contributed by atoms with E-state index in [0.717, 1.165) is 50.0 Å². The maximum atomic E-state index is 11.4. The molecule has 0 amide bonds. The Bertz CT molecular complexity index is 729. The first-order chi connectivity index (χ1) is 11.2. The van der Waals surface area contributed by atoms with Crippen LogP contribution in [0.1, 0.15) is 36.2 Å². The Hall–Kier alpha value is -1.85. The summed E-state index contributed by atoms with van der Waals surface area (Å²) in [5, 5.41) is 14.2. The molecular weight excluding hydrogens is 326 g/mol. The maximum absolute atomic E-state index is 11.4. The standard InChI is InChI=1S/C18H21N3O2.ClH/c22-18(23)17-10-5-11-20(17)12-15-14-8-4-9-16(14)21(19-15)13-6-2-1-3-7-13;/h1-3,6-7,17H,4-5,8-12H2,(H,22,23);1H/t17-;/m1./s1. The molecule has 0 radical (unpaired) electrons. The summed E-state index contributed by atoms with van der Waals surface area (Å²) in [5.74, 6) is -0.707. The molecule has 1 aromatic heterocycles. The zero-order chi connectivity index (χ0) is 15.8. The average Bonchev–Trinajstić information content (AvgIpc) is 3.26. The maximum Gasteiger partial charge on any atom is 0.320 e. The van der Waals surface area contributed by atoms with Gasteiger partial charge in [-0.3, -0.25) is 9.69 Å². The van der Waals surface area contributed by atoms with E-state index in [1.165, 1.54) is 11.3 Å². The zero-order valence-corrected chi connectivity index (χ0v) is 14.3. The number of carbonyl (C=O) groups is 1. The van der Waals surface area contributed by atoms with Gasteiger partial charge in [-0.15, -0.1) is 12.4 Å². The van der Waals surface area contributed by atoms with Gasteiger partial charge in [-0.2, -0.15) is 5.10 Å². The number of halogens is 1. The molecule has 0 saturated carbocycles. The summed E-state index contributed by atoms with van der Waals surface area (Å²) < 4.78 is 2.06. The lowest BCUT2D eigenvalue weighted by molar-refractivity contribution is -0.142. The summed E-state index contributed by atoms with van der Waals surface area (Å²) in [5.41, 5.74) is 4.80. The van der Waals surface area contributed by atoms with E-state index in [0.29, 0.717) is 6.54 Å². The predicted molar refractivity (Wildman–Crippen MR) is 93.9 cm³/mol. The minimum Gasteiger partial charge on any atom is -0.480 e. The van der Waals surface area contributed by atoms with Gasteiger partial charge in [-0.25, -0.2) is 4.68 Å². The number of likely N-dealkylation sites (tertiary alicyclic amines) is 1. The van der Waals surface area contributed by atoms with Gasteiger partial charge in [0.1, 0.15) is 6.04 Å².